The van der Waals surface area contributed by atoms with Gasteiger partial charge in [-0.1, -0.05) is 61.4 Å². The summed E-state index contributed by atoms with van der Waals surface area (Å²) in [5.74, 6) is 0.456. The summed E-state index contributed by atoms with van der Waals surface area (Å²) in [6.07, 6.45) is 4.90. The first-order chi connectivity index (χ1) is 19.5. The van der Waals surface area contributed by atoms with Crippen molar-refractivity contribution in [1.29, 1.82) is 0 Å². The molecular weight excluding hydrogens is 506 g/mol. The van der Waals surface area contributed by atoms with E-state index in [1.54, 1.807) is 42.0 Å². The number of methoxy groups -OCH3 is 2. The molecule has 1 fully saturated rings. The van der Waals surface area contributed by atoms with Crippen LogP contribution in [0.2, 0.25) is 0 Å². The molecule has 5 rings (SSSR count). The van der Waals surface area contributed by atoms with Crippen LogP contribution in [0.4, 0.5) is 5.69 Å². The number of aryl methyl sites for hydroxylation is 1. The van der Waals surface area contributed by atoms with E-state index in [-0.39, 0.29) is 24.4 Å². The van der Waals surface area contributed by atoms with Crippen molar-refractivity contribution in [1.82, 2.24) is 20.3 Å². The van der Waals surface area contributed by atoms with Crippen LogP contribution in [0.5, 0.6) is 11.5 Å². The molecule has 1 aromatic heterocycles. The lowest BCUT2D eigenvalue weighted by Gasteiger charge is -2.33. The van der Waals surface area contributed by atoms with E-state index >= 15 is 0 Å². The minimum Gasteiger partial charge on any atom is -0.493 e. The van der Waals surface area contributed by atoms with Crippen molar-refractivity contribution in [2.24, 2.45) is 0 Å². The van der Waals surface area contributed by atoms with Crippen LogP contribution in [0.25, 0.3) is 11.0 Å². The highest BCUT2D eigenvalue weighted by atomic mass is 16.5. The quantitative estimate of drug-likeness (QED) is 0.308. The highest BCUT2D eigenvalue weighted by Crippen LogP contribution is 2.36. The molecule has 0 unspecified atom stereocenters. The van der Waals surface area contributed by atoms with Gasteiger partial charge in [0, 0.05) is 17.8 Å². The van der Waals surface area contributed by atoms with E-state index < -0.39 is 6.04 Å². The normalized spacial score (nSPS) is 14.2. The Bertz CT molecular complexity index is 1480. The number of fused-ring (bicyclic) bond motifs is 1. The van der Waals surface area contributed by atoms with Gasteiger partial charge in [-0.15, -0.1) is 5.10 Å². The maximum atomic E-state index is 14.3. The van der Waals surface area contributed by atoms with Crippen LogP contribution < -0.4 is 19.7 Å². The summed E-state index contributed by atoms with van der Waals surface area (Å²) in [6, 6.07) is 19.8. The summed E-state index contributed by atoms with van der Waals surface area (Å²) in [5, 5.41) is 11.7. The van der Waals surface area contributed by atoms with Crippen molar-refractivity contribution in [3.8, 4) is 11.5 Å². The van der Waals surface area contributed by atoms with Gasteiger partial charge in [-0.05, 0) is 54.7 Å². The van der Waals surface area contributed by atoms with Gasteiger partial charge in [0.1, 0.15) is 18.1 Å². The number of rotatable bonds is 10. The van der Waals surface area contributed by atoms with Crippen molar-refractivity contribution in [3.05, 3.63) is 77.9 Å². The second-order valence-electron chi connectivity index (χ2n) is 10.0. The lowest BCUT2D eigenvalue weighted by molar-refractivity contribution is -0.127. The van der Waals surface area contributed by atoms with Crippen LogP contribution in [0.15, 0.2) is 66.7 Å². The molecule has 2 amide bonds. The Morgan fingerprint density at radius 2 is 1.73 bits per heavy atom. The van der Waals surface area contributed by atoms with Gasteiger partial charge in [0.2, 0.25) is 11.8 Å². The molecule has 1 N–H and O–H groups in total. The molecule has 3 aromatic carbocycles. The number of anilines is 1. The van der Waals surface area contributed by atoms with Crippen molar-refractivity contribution in [2.45, 2.75) is 57.7 Å². The Labute approximate surface area is 234 Å². The lowest BCUT2D eigenvalue weighted by atomic mass is 10.00. The monoisotopic (exact) mass is 541 g/mol. The zero-order chi connectivity index (χ0) is 28.1. The van der Waals surface area contributed by atoms with E-state index in [4.69, 9.17) is 9.47 Å². The van der Waals surface area contributed by atoms with E-state index in [1.807, 2.05) is 48.5 Å². The van der Waals surface area contributed by atoms with Crippen molar-refractivity contribution in [2.75, 3.05) is 19.1 Å². The van der Waals surface area contributed by atoms with E-state index in [0.29, 0.717) is 22.7 Å². The fraction of sp³-hybridized carbons (Fsp3) is 0.355. The van der Waals surface area contributed by atoms with Crippen LogP contribution in [0.1, 0.15) is 49.8 Å². The van der Waals surface area contributed by atoms with Gasteiger partial charge < -0.3 is 14.8 Å². The highest BCUT2D eigenvalue weighted by molar-refractivity contribution is 6.02. The molecular formula is C31H35N5O4. The first-order valence-corrected chi connectivity index (χ1v) is 13.7. The van der Waals surface area contributed by atoms with Crippen LogP contribution >= 0.6 is 0 Å². The summed E-state index contributed by atoms with van der Waals surface area (Å²) in [7, 11) is 3.10. The second-order valence-corrected chi connectivity index (χ2v) is 10.0. The number of nitrogens with one attached hydrogen (secondary N) is 1. The van der Waals surface area contributed by atoms with Crippen LogP contribution in [-0.2, 0) is 22.6 Å². The van der Waals surface area contributed by atoms with Gasteiger partial charge >= 0.3 is 0 Å². The average molecular weight is 542 g/mol. The number of aromatic nitrogens is 3. The summed E-state index contributed by atoms with van der Waals surface area (Å²) < 4.78 is 12.6. The molecule has 1 aliphatic carbocycles. The third-order valence-corrected chi connectivity index (χ3v) is 7.53. The number of ether oxygens (including phenoxy) is 2. The van der Waals surface area contributed by atoms with Gasteiger partial charge in [0.15, 0.2) is 11.5 Å². The number of amides is 2. The van der Waals surface area contributed by atoms with Crippen molar-refractivity contribution < 1.29 is 19.1 Å². The lowest BCUT2D eigenvalue weighted by Crippen LogP contribution is -2.47. The fourth-order valence-electron chi connectivity index (χ4n) is 5.35. The van der Waals surface area contributed by atoms with Gasteiger partial charge in [0.05, 0.1) is 19.7 Å². The molecule has 1 atom stereocenters. The molecule has 0 saturated heterocycles. The molecule has 0 aliphatic heterocycles. The van der Waals surface area contributed by atoms with Crippen molar-refractivity contribution >= 4 is 28.5 Å². The molecule has 9 nitrogen and oxygen atoms in total. The standard InChI is InChI=1S/C31H35N5O4/c1-4-21-13-15-22(16-14-21)30(31(38)32-23-9-5-6-10-23)36(24-17-18-27(39-2)28(19-24)40-3)29(37)20-35-26-12-8-7-11-25(26)33-34-35/h7-8,11-19,23,30H,4-6,9-10,20H2,1-3H3,(H,32,38)/t30-/m0/s1. The predicted molar refractivity (Wildman–Crippen MR) is 154 cm³/mol. The largest absolute Gasteiger partial charge is 0.493 e. The van der Waals surface area contributed by atoms with Crippen LogP contribution in [0, 0.1) is 0 Å². The molecule has 208 valence electrons. The SMILES string of the molecule is CCc1ccc([C@@H](C(=O)NC2CCCC2)N(C(=O)Cn2nnc3ccccc32)c2ccc(OC)c(OC)c2)cc1. The van der Waals surface area contributed by atoms with Gasteiger partial charge in [-0.3, -0.25) is 14.5 Å². The first kappa shape index (κ1) is 27.2. The topological polar surface area (TPSA) is 98.6 Å². The van der Waals surface area contributed by atoms with Crippen molar-refractivity contribution in [3.63, 3.8) is 0 Å². The number of hydrogen-bond acceptors (Lipinski definition) is 6. The number of hydrogen-bond donors (Lipinski definition) is 1. The first-order valence-electron chi connectivity index (χ1n) is 13.7. The third-order valence-electron chi connectivity index (χ3n) is 7.53. The smallest absolute Gasteiger partial charge is 0.249 e. The summed E-state index contributed by atoms with van der Waals surface area (Å²) >= 11 is 0. The predicted octanol–water partition coefficient (Wildman–Crippen LogP) is 4.84. The Morgan fingerprint density at radius 1 is 1.00 bits per heavy atom. The maximum absolute atomic E-state index is 14.3. The van der Waals surface area contributed by atoms with Gasteiger partial charge in [0.25, 0.3) is 0 Å². The molecule has 0 bridgehead atoms. The summed E-state index contributed by atoms with van der Waals surface area (Å²) in [6.45, 7) is 1.98. The van der Waals surface area contributed by atoms with Gasteiger partial charge in [-0.2, -0.15) is 0 Å². The molecule has 0 spiro atoms. The highest BCUT2D eigenvalue weighted by Gasteiger charge is 2.35. The third kappa shape index (κ3) is 5.64. The Hall–Kier alpha value is -4.40. The molecule has 1 saturated carbocycles. The Balaban J connectivity index is 1.61. The summed E-state index contributed by atoms with van der Waals surface area (Å²) in [5.41, 5.74) is 3.82. The molecule has 40 heavy (non-hydrogen) atoms. The minimum atomic E-state index is -0.910. The Kier molecular flexibility index (Phi) is 8.28. The molecule has 9 heteroatoms. The molecule has 1 aliphatic rings. The summed E-state index contributed by atoms with van der Waals surface area (Å²) in [4.78, 5) is 29.9. The van der Waals surface area contributed by atoms with Crippen LogP contribution in [-0.4, -0.2) is 47.1 Å². The van der Waals surface area contributed by atoms with E-state index in [0.717, 1.165) is 48.7 Å². The van der Waals surface area contributed by atoms with E-state index in [1.165, 1.54) is 0 Å². The van der Waals surface area contributed by atoms with E-state index in [2.05, 4.69) is 22.6 Å². The molecule has 0 radical (unpaired) electrons. The number of carbonyl (C=O) groups excluding carboxylic acids is 2. The minimum absolute atomic E-state index is 0.0894. The zero-order valence-electron chi connectivity index (χ0n) is 23.2. The van der Waals surface area contributed by atoms with E-state index in [9.17, 15) is 9.59 Å². The number of carbonyl (C=O) groups is 2. The van der Waals surface area contributed by atoms with Crippen LogP contribution in [0.3, 0.4) is 0 Å². The number of para-hydroxylation sites is 1. The molecule has 1 heterocycles. The fourth-order valence-corrected chi connectivity index (χ4v) is 5.35. The number of nitrogens with zero attached hydrogens (tertiary/aromatic N) is 4. The number of benzene rings is 3. The van der Waals surface area contributed by atoms with Gasteiger partial charge in [-0.25, -0.2) is 4.68 Å². The maximum Gasteiger partial charge on any atom is 0.249 e. The average Bonchev–Trinajstić information content (AvgIpc) is 3.65. The molecule has 4 aromatic rings. The second kappa shape index (κ2) is 12.2. The zero-order valence-corrected chi connectivity index (χ0v) is 23.2. The Morgan fingerprint density at radius 3 is 2.42 bits per heavy atom.